The number of allylic oxidation sites excluding steroid dienone is 7. The molecule has 15 heavy (non-hydrogen) atoms. The molecule has 0 saturated heterocycles. The molecule has 0 fully saturated rings. The molecule has 2 aliphatic carbocycles. The first-order valence-electron chi connectivity index (χ1n) is 4.51. The Hall–Kier alpha value is -1.33. The minimum atomic E-state index is -4.22. The third kappa shape index (κ3) is 1.75. The summed E-state index contributed by atoms with van der Waals surface area (Å²) >= 11 is 0. The number of hydrogen-bond donors (Lipinski definition) is 2. The molecule has 0 heterocycles. The smallest absolute Gasteiger partial charge is 0.293 e. The molecule has 1 atom stereocenters. The molecule has 1 unspecified atom stereocenters. The molecule has 0 aromatic carbocycles. The summed E-state index contributed by atoms with van der Waals surface area (Å²) < 4.78 is 31.5. The third-order valence-corrected chi connectivity index (χ3v) is 3.57. The minimum Gasteiger partial charge on any atom is -0.401 e. The summed E-state index contributed by atoms with van der Waals surface area (Å²) in [7, 11) is -4.22. The summed E-state index contributed by atoms with van der Waals surface area (Å²) in [6, 6.07) is 0. The molecule has 0 bridgehead atoms. The van der Waals surface area contributed by atoms with E-state index in [4.69, 9.17) is 10.3 Å². The highest BCUT2D eigenvalue weighted by atomic mass is 32.2. The third-order valence-electron chi connectivity index (χ3n) is 2.50. The summed E-state index contributed by atoms with van der Waals surface area (Å²) in [5.74, 6) is -0.432. The van der Waals surface area contributed by atoms with Crippen molar-refractivity contribution in [2.24, 2.45) is 11.7 Å². The zero-order valence-electron chi connectivity index (χ0n) is 7.92. The summed E-state index contributed by atoms with van der Waals surface area (Å²) in [4.78, 5) is -0.0828. The van der Waals surface area contributed by atoms with E-state index in [9.17, 15) is 8.42 Å². The number of nitrogens with two attached hydrogens (primary N) is 1. The van der Waals surface area contributed by atoms with Gasteiger partial charge in [-0.2, -0.15) is 8.42 Å². The molecule has 0 aromatic heterocycles. The van der Waals surface area contributed by atoms with E-state index in [2.05, 4.69) is 0 Å². The molecule has 3 N–H and O–H groups in total. The predicted octanol–water partition coefficient (Wildman–Crippen LogP) is 1.12. The van der Waals surface area contributed by atoms with Crippen LogP contribution in [0, 0.1) is 5.92 Å². The van der Waals surface area contributed by atoms with E-state index >= 15 is 0 Å². The van der Waals surface area contributed by atoms with Crippen LogP contribution in [0.15, 0.2) is 46.6 Å². The zero-order chi connectivity index (χ0) is 11.1. The van der Waals surface area contributed by atoms with Gasteiger partial charge in [0, 0.05) is 18.0 Å². The Balaban J connectivity index is 2.54. The van der Waals surface area contributed by atoms with Crippen molar-refractivity contribution in [1.29, 1.82) is 0 Å². The molecule has 0 spiro atoms. The lowest BCUT2D eigenvalue weighted by Crippen LogP contribution is -2.22. The van der Waals surface area contributed by atoms with E-state index in [1.165, 1.54) is 0 Å². The van der Waals surface area contributed by atoms with Crippen molar-refractivity contribution < 1.29 is 13.0 Å². The fourth-order valence-corrected chi connectivity index (χ4v) is 2.79. The highest BCUT2D eigenvalue weighted by Gasteiger charge is 2.30. The lowest BCUT2D eigenvalue weighted by Gasteiger charge is -2.24. The van der Waals surface area contributed by atoms with E-state index in [0.29, 0.717) is 6.42 Å². The lowest BCUT2D eigenvalue weighted by molar-refractivity contribution is 0.486. The van der Waals surface area contributed by atoms with Crippen LogP contribution in [-0.4, -0.2) is 13.0 Å². The van der Waals surface area contributed by atoms with Crippen molar-refractivity contribution in [3.8, 4) is 0 Å². The van der Waals surface area contributed by atoms with E-state index in [1.807, 2.05) is 18.2 Å². The Morgan fingerprint density at radius 3 is 2.80 bits per heavy atom. The van der Waals surface area contributed by atoms with Crippen LogP contribution in [0.5, 0.6) is 0 Å². The first kappa shape index (κ1) is 10.2. The number of fused-ring (bicyclic) bond motifs is 1. The molecule has 0 amide bonds. The maximum Gasteiger partial charge on any atom is 0.293 e. The monoisotopic (exact) mass is 225 g/mol. The average molecular weight is 225 g/mol. The van der Waals surface area contributed by atoms with Gasteiger partial charge in [-0.1, -0.05) is 30.4 Å². The largest absolute Gasteiger partial charge is 0.401 e. The van der Waals surface area contributed by atoms with Crippen LogP contribution in [0.2, 0.25) is 0 Å². The normalized spacial score (nSPS) is 25.1. The molecule has 80 valence electrons. The standard InChI is InChI=1S/C10H11NO3S/c11-9-6-5-7-3-1-2-4-8(7)10(9)15(12,13)14/h1-5,8H,6,11H2,(H,12,13,14). The van der Waals surface area contributed by atoms with E-state index in [1.54, 1.807) is 12.2 Å². The van der Waals surface area contributed by atoms with Crippen molar-refractivity contribution in [3.63, 3.8) is 0 Å². The molecule has 0 saturated carbocycles. The second kappa shape index (κ2) is 3.36. The van der Waals surface area contributed by atoms with Crippen LogP contribution in [0.4, 0.5) is 0 Å². The van der Waals surface area contributed by atoms with Gasteiger partial charge in [-0.3, -0.25) is 4.55 Å². The van der Waals surface area contributed by atoms with Gasteiger partial charge in [0.1, 0.15) is 4.91 Å². The van der Waals surface area contributed by atoms with Gasteiger partial charge in [0.25, 0.3) is 10.1 Å². The van der Waals surface area contributed by atoms with Gasteiger partial charge >= 0.3 is 0 Å². The van der Waals surface area contributed by atoms with Gasteiger partial charge in [0.05, 0.1) is 0 Å². The van der Waals surface area contributed by atoms with Gasteiger partial charge in [-0.25, -0.2) is 0 Å². The van der Waals surface area contributed by atoms with Crippen LogP contribution in [0.1, 0.15) is 6.42 Å². The Bertz CT molecular complexity index is 509. The van der Waals surface area contributed by atoms with Crippen molar-refractivity contribution in [1.82, 2.24) is 0 Å². The zero-order valence-corrected chi connectivity index (χ0v) is 8.74. The van der Waals surface area contributed by atoms with Crippen LogP contribution in [0.25, 0.3) is 0 Å². The van der Waals surface area contributed by atoms with E-state index < -0.39 is 16.0 Å². The molecule has 5 heteroatoms. The van der Waals surface area contributed by atoms with Crippen molar-refractivity contribution in [3.05, 3.63) is 46.6 Å². The molecule has 4 nitrogen and oxygen atoms in total. The van der Waals surface area contributed by atoms with Crippen LogP contribution in [-0.2, 0) is 10.1 Å². The lowest BCUT2D eigenvalue weighted by atomic mass is 9.88. The molecular formula is C10H11NO3S. The van der Waals surface area contributed by atoms with Crippen molar-refractivity contribution in [2.75, 3.05) is 0 Å². The summed E-state index contributed by atoms with van der Waals surface area (Å²) in [5, 5.41) is 0. The van der Waals surface area contributed by atoms with Gasteiger partial charge in [-0.05, 0) is 5.57 Å². The fraction of sp³-hybridized carbons (Fsp3) is 0.200. The number of rotatable bonds is 1. The van der Waals surface area contributed by atoms with Crippen LogP contribution >= 0.6 is 0 Å². The Morgan fingerprint density at radius 2 is 2.13 bits per heavy atom. The van der Waals surface area contributed by atoms with Crippen molar-refractivity contribution in [2.45, 2.75) is 6.42 Å². The first-order valence-corrected chi connectivity index (χ1v) is 5.95. The topological polar surface area (TPSA) is 80.4 Å². The highest BCUT2D eigenvalue weighted by Crippen LogP contribution is 2.35. The fourth-order valence-electron chi connectivity index (χ4n) is 1.84. The number of hydrogen-bond acceptors (Lipinski definition) is 3. The first-order chi connectivity index (χ1) is 7.00. The predicted molar refractivity (Wildman–Crippen MR) is 57.2 cm³/mol. The molecular weight excluding hydrogens is 214 g/mol. The summed E-state index contributed by atoms with van der Waals surface area (Å²) in [5.41, 5.74) is 6.68. The van der Waals surface area contributed by atoms with Gasteiger partial charge in [0.15, 0.2) is 0 Å². The van der Waals surface area contributed by atoms with Gasteiger partial charge < -0.3 is 5.73 Å². The van der Waals surface area contributed by atoms with Gasteiger partial charge in [-0.15, -0.1) is 0 Å². The molecule has 0 aliphatic heterocycles. The second-order valence-corrected chi connectivity index (χ2v) is 4.88. The average Bonchev–Trinajstić information content (AvgIpc) is 2.15. The summed E-state index contributed by atoms with van der Waals surface area (Å²) in [6.45, 7) is 0. The maximum absolute atomic E-state index is 11.2. The maximum atomic E-state index is 11.2. The quantitative estimate of drug-likeness (QED) is 0.655. The van der Waals surface area contributed by atoms with Crippen molar-refractivity contribution >= 4 is 10.1 Å². The minimum absolute atomic E-state index is 0.0828. The van der Waals surface area contributed by atoms with E-state index in [0.717, 1.165) is 5.57 Å². The van der Waals surface area contributed by atoms with Gasteiger partial charge in [0.2, 0.25) is 0 Å². The second-order valence-electron chi connectivity index (χ2n) is 3.49. The van der Waals surface area contributed by atoms with E-state index in [-0.39, 0.29) is 10.6 Å². The van der Waals surface area contributed by atoms with Crippen LogP contribution in [0.3, 0.4) is 0 Å². The Labute approximate surface area is 88.2 Å². The summed E-state index contributed by atoms with van der Waals surface area (Å²) in [6.07, 6.45) is 9.33. The SMILES string of the molecule is NC1=C(S(=O)(=O)O)C2C=CC=CC2=CC1. The molecule has 0 aromatic rings. The van der Waals surface area contributed by atoms with Crippen LogP contribution < -0.4 is 5.73 Å². The Kier molecular flexibility index (Phi) is 2.28. The molecule has 0 radical (unpaired) electrons. The highest BCUT2D eigenvalue weighted by molar-refractivity contribution is 7.89. The molecule has 2 aliphatic rings. The molecule has 2 rings (SSSR count). The Morgan fingerprint density at radius 1 is 1.40 bits per heavy atom.